The molecule has 0 fully saturated rings. The van der Waals surface area contributed by atoms with E-state index in [1.165, 1.54) is 0 Å². The summed E-state index contributed by atoms with van der Waals surface area (Å²) >= 11 is 0. The first kappa shape index (κ1) is 13.9. The molecule has 0 radical (unpaired) electrons. The zero-order valence-corrected chi connectivity index (χ0v) is 9.58. The van der Waals surface area contributed by atoms with E-state index in [0.29, 0.717) is 13.1 Å². The van der Waals surface area contributed by atoms with Crippen LogP contribution in [0.4, 0.5) is 0 Å². The summed E-state index contributed by atoms with van der Waals surface area (Å²) in [6.07, 6.45) is 3.82. The molecule has 0 aromatic heterocycles. The van der Waals surface area contributed by atoms with Crippen LogP contribution in [0.3, 0.4) is 0 Å². The molecule has 2 amide bonds. The number of amides is 2. The van der Waals surface area contributed by atoms with Gasteiger partial charge >= 0.3 is 11.8 Å². The van der Waals surface area contributed by atoms with Crippen LogP contribution in [-0.2, 0) is 9.59 Å². The number of nitrogens with two attached hydrogens (primary N) is 1. The first-order valence-electron chi connectivity index (χ1n) is 5.47. The summed E-state index contributed by atoms with van der Waals surface area (Å²) in [7, 11) is 0. The van der Waals surface area contributed by atoms with E-state index >= 15 is 0 Å². The Morgan fingerprint density at radius 1 is 1.13 bits per heavy atom. The predicted octanol–water partition coefficient (Wildman–Crippen LogP) is 0.405. The average molecular weight is 215 g/mol. The molecular weight excluding hydrogens is 194 g/mol. The van der Waals surface area contributed by atoms with Crippen LogP contribution in [0.2, 0.25) is 0 Å². The van der Waals surface area contributed by atoms with Gasteiger partial charge in [-0.3, -0.25) is 15.0 Å². The van der Waals surface area contributed by atoms with Gasteiger partial charge in [-0.2, -0.15) is 0 Å². The van der Waals surface area contributed by atoms with Gasteiger partial charge in [0.2, 0.25) is 0 Å². The smallest absolute Gasteiger partial charge is 0.323 e. The van der Waals surface area contributed by atoms with Gasteiger partial charge < -0.3 is 4.90 Å². The van der Waals surface area contributed by atoms with Crippen LogP contribution >= 0.6 is 0 Å². The van der Waals surface area contributed by atoms with Gasteiger partial charge in [-0.15, -0.1) is 0 Å². The topological polar surface area (TPSA) is 75.4 Å². The number of carbonyl (C=O) groups excluding carboxylic acids is 2. The predicted molar refractivity (Wildman–Crippen MR) is 58.7 cm³/mol. The molecule has 0 atom stereocenters. The Bertz CT molecular complexity index is 199. The normalized spacial score (nSPS) is 9.80. The molecule has 0 aromatic rings. The van der Waals surface area contributed by atoms with Gasteiger partial charge in [0.1, 0.15) is 0 Å². The SMILES string of the molecule is CCCCN(CCCC)C(=O)C(=O)NN. The summed E-state index contributed by atoms with van der Waals surface area (Å²) in [6, 6.07) is 0. The first-order valence-corrected chi connectivity index (χ1v) is 5.47. The lowest BCUT2D eigenvalue weighted by Gasteiger charge is -2.21. The minimum atomic E-state index is -0.734. The number of unbranched alkanes of at least 4 members (excludes halogenated alkanes) is 2. The Hall–Kier alpha value is -1.10. The van der Waals surface area contributed by atoms with Crippen LogP contribution in [0.25, 0.3) is 0 Å². The molecule has 88 valence electrons. The zero-order valence-electron chi connectivity index (χ0n) is 9.58. The standard InChI is InChI=1S/C10H21N3O2/c1-3-5-7-13(8-6-4-2)10(15)9(14)12-11/h3-8,11H2,1-2H3,(H,12,14). The van der Waals surface area contributed by atoms with Gasteiger partial charge in [0.25, 0.3) is 0 Å². The molecule has 0 aliphatic rings. The van der Waals surface area contributed by atoms with Crippen molar-refractivity contribution < 1.29 is 9.59 Å². The molecular formula is C10H21N3O2. The van der Waals surface area contributed by atoms with Crippen LogP contribution in [0.5, 0.6) is 0 Å². The second-order valence-electron chi connectivity index (χ2n) is 3.47. The van der Waals surface area contributed by atoms with E-state index in [0.717, 1.165) is 25.7 Å². The van der Waals surface area contributed by atoms with E-state index in [-0.39, 0.29) is 0 Å². The van der Waals surface area contributed by atoms with Crippen LogP contribution in [0, 0.1) is 0 Å². The Labute approximate surface area is 91.0 Å². The summed E-state index contributed by atoms with van der Waals surface area (Å²) < 4.78 is 0. The fraction of sp³-hybridized carbons (Fsp3) is 0.800. The third-order valence-electron chi connectivity index (χ3n) is 2.18. The van der Waals surface area contributed by atoms with E-state index in [2.05, 4.69) is 0 Å². The van der Waals surface area contributed by atoms with Gasteiger partial charge in [0.15, 0.2) is 0 Å². The number of rotatable bonds is 6. The van der Waals surface area contributed by atoms with E-state index in [1.807, 2.05) is 19.3 Å². The number of carbonyl (C=O) groups is 2. The van der Waals surface area contributed by atoms with Crippen molar-refractivity contribution in [2.45, 2.75) is 39.5 Å². The van der Waals surface area contributed by atoms with Gasteiger partial charge in [0, 0.05) is 13.1 Å². The Morgan fingerprint density at radius 2 is 1.60 bits per heavy atom. The number of hydrogen-bond acceptors (Lipinski definition) is 3. The highest BCUT2D eigenvalue weighted by Crippen LogP contribution is 1.99. The van der Waals surface area contributed by atoms with Crippen molar-refractivity contribution in [3.05, 3.63) is 0 Å². The second-order valence-corrected chi connectivity index (χ2v) is 3.47. The Morgan fingerprint density at radius 3 is 1.93 bits per heavy atom. The lowest BCUT2D eigenvalue weighted by Crippen LogP contribution is -2.46. The maximum atomic E-state index is 11.5. The van der Waals surface area contributed by atoms with E-state index in [9.17, 15) is 9.59 Å². The van der Waals surface area contributed by atoms with Gasteiger partial charge in [-0.05, 0) is 12.8 Å². The molecule has 0 saturated carbocycles. The number of hydrogen-bond donors (Lipinski definition) is 2. The van der Waals surface area contributed by atoms with Gasteiger partial charge in [-0.25, -0.2) is 5.84 Å². The quantitative estimate of drug-likeness (QED) is 0.291. The molecule has 0 saturated heterocycles. The lowest BCUT2D eigenvalue weighted by atomic mass is 10.2. The Kier molecular flexibility index (Phi) is 7.62. The van der Waals surface area contributed by atoms with Crippen molar-refractivity contribution in [3.8, 4) is 0 Å². The third kappa shape index (κ3) is 5.37. The molecule has 3 N–H and O–H groups in total. The molecule has 5 nitrogen and oxygen atoms in total. The van der Waals surface area contributed by atoms with Crippen molar-refractivity contribution >= 4 is 11.8 Å². The molecule has 5 heteroatoms. The fourth-order valence-corrected chi connectivity index (χ4v) is 1.22. The molecule has 15 heavy (non-hydrogen) atoms. The minimum Gasteiger partial charge on any atom is -0.334 e. The second kappa shape index (κ2) is 8.23. The maximum Gasteiger partial charge on any atom is 0.323 e. The number of nitrogens with one attached hydrogen (secondary N) is 1. The average Bonchev–Trinajstić information content (AvgIpc) is 2.27. The van der Waals surface area contributed by atoms with Crippen LogP contribution in [-0.4, -0.2) is 29.8 Å². The van der Waals surface area contributed by atoms with Crippen molar-refractivity contribution in [3.63, 3.8) is 0 Å². The highest BCUT2D eigenvalue weighted by Gasteiger charge is 2.19. The van der Waals surface area contributed by atoms with Gasteiger partial charge in [-0.1, -0.05) is 26.7 Å². The molecule has 0 spiro atoms. The lowest BCUT2D eigenvalue weighted by molar-refractivity contribution is -0.146. The summed E-state index contributed by atoms with van der Waals surface area (Å²) in [6.45, 7) is 5.35. The third-order valence-corrected chi connectivity index (χ3v) is 2.18. The Balaban J connectivity index is 4.19. The summed E-state index contributed by atoms with van der Waals surface area (Å²) in [5.74, 6) is 3.66. The molecule has 0 aromatic carbocycles. The fourth-order valence-electron chi connectivity index (χ4n) is 1.22. The molecule has 0 bridgehead atoms. The van der Waals surface area contributed by atoms with E-state index in [1.54, 1.807) is 4.90 Å². The highest BCUT2D eigenvalue weighted by atomic mass is 16.2. The molecule has 0 heterocycles. The first-order chi connectivity index (χ1) is 7.17. The summed E-state index contributed by atoms with van der Waals surface area (Å²) in [5, 5.41) is 0. The maximum absolute atomic E-state index is 11.5. The van der Waals surface area contributed by atoms with Crippen LogP contribution < -0.4 is 11.3 Å². The zero-order chi connectivity index (χ0) is 11.7. The van der Waals surface area contributed by atoms with Crippen molar-refractivity contribution in [2.75, 3.05) is 13.1 Å². The number of hydrazine groups is 1. The molecule has 0 rings (SSSR count). The molecule has 0 aliphatic carbocycles. The summed E-state index contributed by atoms with van der Waals surface area (Å²) in [4.78, 5) is 24.1. The van der Waals surface area contributed by atoms with Crippen LogP contribution in [0.15, 0.2) is 0 Å². The minimum absolute atomic E-state index is 0.528. The van der Waals surface area contributed by atoms with Crippen molar-refractivity contribution in [2.24, 2.45) is 5.84 Å². The summed E-state index contributed by atoms with van der Waals surface area (Å²) in [5.41, 5.74) is 1.87. The largest absolute Gasteiger partial charge is 0.334 e. The van der Waals surface area contributed by atoms with Gasteiger partial charge in [0.05, 0.1) is 0 Å². The number of nitrogens with zero attached hydrogens (tertiary/aromatic N) is 1. The highest BCUT2D eigenvalue weighted by molar-refractivity contribution is 6.34. The van der Waals surface area contributed by atoms with E-state index < -0.39 is 11.8 Å². The van der Waals surface area contributed by atoms with E-state index in [4.69, 9.17) is 5.84 Å². The molecule has 0 aliphatic heterocycles. The van der Waals surface area contributed by atoms with Crippen molar-refractivity contribution in [1.82, 2.24) is 10.3 Å². The monoisotopic (exact) mass is 215 g/mol. The van der Waals surface area contributed by atoms with Crippen molar-refractivity contribution in [1.29, 1.82) is 0 Å². The molecule has 0 unspecified atom stereocenters. The van der Waals surface area contributed by atoms with Crippen LogP contribution in [0.1, 0.15) is 39.5 Å².